The number of carbonyl (C=O) groups is 2. The van der Waals surface area contributed by atoms with E-state index >= 15 is 0 Å². The molecule has 7 nitrogen and oxygen atoms in total. The molecular formula is C22H24ClN3O4S. The second kappa shape index (κ2) is 8.98. The smallest absolute Gasteiger partial charge is 0.243 e. The Balaban J connectivity index is 1.49. The van der Waals surface area contributed by atoms with Gasteiger partial charge in [-0.25, -0.2) is 8.42 Å². The second-order valence-electron chi connectivity index (χ2n) is 7.81. The number of carbonyl (C=O) groups excluding carboxylic acids is 2. The van der Waals surface area contributed by atoms with Crippen molar-refractivity contribution in [2.24, 2.45) is 5.92 Å². The van der Waals surface area contributed by atoms with E-state index in [1.165, 1.54) is 16.4 Å². The first-order valence-electron chi connectivity index (χ1n) is 10.3. The molecule has 2 amide bonds. The summed E-state index contributed by atoms with van der Waals surface area (Å²) in [5, 5.41) is 3.39. The van der Waals surface area contributed by atoms with Gasteiger partial charge in [0.25, 0.3) is 0 Å². The molecule has 2 heterocycles. The molecule has 0 bridgehead atoms. The van der Waals surface area contributed by atoms with Crippen LogP contribution >= 0.6 is 11.6 Å². The Morgan fingerprint density at radius 3 is 2.48 bits per heavy atom. The Labute approximate surface area is 187 Å². The number of sulfonamides is 1. The maximum absolute atomic E-state index is 13.0. The zero-order chi connectivity index (χ0) is 22.0. The second-order valence-corrected chi connectivity index (χ2v) is 10.2. The first-order chi connectivity index (χ1) is 14.9. The molecule has 31 heavy (non-hydrogen) atoms. The van der Waals surface area contributed by atoms with Crippen LogP contribution in [0.25, 0.3) is 0 Å². The van der Waals surface area contributed by atoms with Crippen LogP contribution in [0.5, 0.6) is 0 Å². The molecule has 2 saturated heterocycles. The molecule has 1 unspecified atom stereocenters. The Bertz CT molecular complexity index is 1090. The molecule has 4 rings (SSSR count). The highest BCUT2D eigenvalue weighted by Crippen LogP contribution is 2.31. The number of para-hydroxylation sites is 2. The number of amides is 2. The van der Waals surface area contributed by atoms with Crippen molar-refractivity contribution in [3.05, 3.63) is 53.6 Å². The molecule has 2 aliphatic rings. The molecule has 1 atom stereocenters. The van der Waals surface area contributed by atoms with Crippen LogP contribution in [-0.4, -0.2) is 44.2 Å². The Morgan fingerprint density at radius 1 is 1.03 bits per heavy atom. The highest BCUT2D eigenvalue weighted by Gasteiger charge is 2.34. The summed E-state index contributed by atoms with van der Waals surface area (Å²) in [6.45, 7) is 1.11. The van der Waals surface area contributed by atoms with Crippen molar-refractivity contribution in [1.29, 1.82) is 0 Å². The van der Waals surface area contributed by atoms with E-state index in [-0.39, 0.29) is 23.3 Å². The van der Waals surface area contributed by atoms with Crippen LogP contribution in [0.3, 0.4) is 0 Å². The van der Waals surface area contributed by atoms with E-state index < -0.39 is 15.9 Å². The van der Waals surface area contributed by atoms with Crippen molar-refractivity contribution in [3.8, 4) is 0 Å². The van der Waals surface area contributed by atoms with Crippen molar-refractivity contribution in [3.63, 3.8) is 0 Å². The van der Waals surface area contributed by atoms with Crippen molar-refractivity contribution in [2.45, 2.75) is 30.6 Å². The fourth-order valence-corrected chi connectivity index (χ4v) is 5.73. The molecule has 0 aromatic heterocycles. The summed E-state index contributed by atoms with van der Waals surface area (Å²) in [4.78, 5) is 27.0. The van der Waals surface area contributed by atoms with E-state index in [9.17, 15) is 18.0 Å². The molecule has 0 aliphatic carbocycles. The minimum Gasteiger partial charge on any atom is -0.324 e. The van der Waals surface area contributed by atoms with Gasteiger partial charge in [0, 0.05) is 31.1 Å². The number of nitrogens with zero attached hydrogens (tertiary/aromatic N) is 2. The van der Waals surface area contributed by atoms with Gasteiger partial charge in [0.2, 0.25) is 21.8 Å². The molecule has 2 aliphatic heterocycles. The summed E-state index contributed by atoms with van der Waals surface area (Å²) < 4.78 is 27.4. The number of rotatable bonds is 5. The van der Waals surface area contributed by atoms with E-state index in [4.69, 9.17) is 11.6 Å². The molecule has 2 aromatic rings. The number of hydrogen-bond donors (Lipinski definition) is 1. The lowest BCUT2D eigenvalue weighted by molar-refractivity contribution is -0.121. The average Bonchev–Trinajstić information content (AvgIpc) is 3.20. The molecule has 0 saturated carbocycles. The van der Waals surface area contributed by atoms with Crippen LogP contribution in [-0.2, 0) is 19.6 Å². The molecule has 164 valence electrons. The number of benzene rings is 2. The maximum atomic E-state index is 13.0. The van der Waals surface area contributed by atoms with Gasteiger partial charge in [-0.05, 0) is 55.7 Å². The summed E-state index contributed by atoms with van der Waals surface area (Å²) in [6.07, 6.45) is 2.49. The third-order valence-corrected chi connectivity index (χ3v) is 7.86. The fourth-order valence-electron chi connectivity index (χ4n) is 4.08. The normalized spacial score (nSPS) is 20.1. The average molecular weight is 462 g/mol. The highest BCUT2D eigenvalue weighted by molar-refractivity contribution is 7.89. The van der Waals surface area contributed by atoms with E-state index in [1.54, 1.807) is 29.2 Å². The minimum absolute atomic E-state index is 0.0413. The van der Waals surface area contributed by atoms with Gasteiger partial charge in [0.15, 0.2) is 0 Å². The number of halogens is 1. The summed E-state index contributed by atoms with van der Waals surface area (Å²) >= 11 is 5.87. The summed E-state index contributed by atoms with van der Waals surface area (Å²) in [6, 6.07) is 13.3. The predicted molar refractivity (Wildman–Crippen MR) is 120 cm³/mol. The van der Waals surface area contributed by atoms with Crippen LogP contribution in [0.4, 0.5) is 11.4 Å². The standard InChI is InChI=1S/C22H24ClN3O4S/c23-17-9-11-18(12-10-17)31(29,30)25-13-3-5-16(15-25)22(28)24-19-6-1-2-7-20(19)26-14-4-8-21(26)27/h1-2,6-7,9-12,16H,3-5,8,13-15H2,(H,24,28). The molecule has 1 N–H and O–H groups in total. The van der Waals surface area contributed by atoms with Crippen LogP contribution in [0, 0.1) is 5.92 Å². The van der Waals surface area contributed by atoms with E-state index in [2.05, 4.69) is 5.32 Å². The van der Waals surface area contributed by atoms with E-state index in [1.807, 2.05) is 12.1 Å². The zero-order valence-corrected chi connectivity index (χ0v) is 18.5. The lowest BCUT2D eigenvalue weighted by Gasteiger charge is -2.31. The summed E-state index contributed by atoms with van der Waals surface area (Å²) in [5.41, 5.74) is 1.25. The Kier molecular flexibility index (Phi) is 6.31. The SMILES string of the molecule is O=C(Nc1ccccc1N1CCCC1=O)C1CCCN(S(=O)(=O)c2ccc(Cl)cc2)C1. The monoisotopic (exact) mass is 461 g/mol. The number of piperidine rings is 1. The predicted octanol–water partition coefficient (Wildman–Crippen LogP) is 3.51. The van der Waals surface area contributed by atoms with Crippen molar-refractivity contribution >= 4 is 44.8 Å². The maximum Gasteiger partial charge on any atom is 0.243 e. The van der Waals surface area contributed by atoms with Gasteiger partial charge in [0.05, 0.1) is 22.2 Å². The minimum atomic E-state index is -3.70. The molecule has 2 aromatic carbocycles. The largest absolute Gasteiger partial charge is 0.324 e. The molecular weight excluding hydrogens is 438 g/mol. The molecule has 2 fully saturated rings. The van der Waals surface area contributed by atoms with Crippen LogP contribution < -0.4 is 10.2 Å². The van der Waals surface area contributed by atoms with Gasteiger partial charge in [-0.1, -0.05) is 23.7 Å². The van der Waals surface area contributed by atoms with Gasteiger partial charge < -0.3 is 10.2 Å². The van der Waals surface area contributed by atoms with Crippen LogP contribution in [0.1, 0.15) is 25.7 Å². The Hall–Kier alpha value is -2.42. The lowest BCUT2D eigenvalue weighted by Crippen LogP contribution is -2.43. The Morgan fingerprint density at radius 2 is 1.77 bits per heavy atom. The van der Waals surface area contributed by atoms with Crippen molar-refractivity contribution in [2.75, 3.05) is 29.9 Å². The first kappa shape index (κ1) is 21.8. The van der Waals surface area contributed by atoms with Crippen molar-refractivity contribution in [1.82, 2.24) is 4.31 Å². The van der Waals surface area contributed by atoms with Crippen LogP contribution in [0.15, 0.2) is 53.4 Å². The van der Waals surface area contributed by atoms with E-state index in [0.29, 0.717) is 48.7 Å². The van der Waals surface area contributed by atoms with Crippen LogP contribution in [0.2, 0.25) is 5.02 Å². The fraction of sp³-hybridized carbons (Fsp3) is 0.364. The zero-order valence-electron chi connectivity index (χ0n) is 17.0. The topological polar surface area (TPSA) is 86.8 Å². The third-order valence-electron chi connectivity index (χ3n) is 5.73. The van der Waals surface area contributed by atoms with E-state index in [0.717, 1.165) is 6.42 Å². The quantitative estimate of drug-likeness (QED) is 0.738. The van der Waals surface area contributed by atoms with Gasteiger partial charge in [0.1, 0.15) is 0 Å². The molecule has 0 radical (unpaired) electrons. The van der Waals surface area contributed by atoms with Gasteiger partial charge in [-0.3, -0.25) is 9.59 Å². The summed E-state index contributed by atoms with van der Waals surface area (Å²) in [7, 11) is -3.70. The first-order valence-corrected chi connectivity index (χ1v) is 12.1. The molecule has 9 heteroatoms. The third kappa shape index (κ3) is 4.61. The molecule has 0 spiro atoms. The summed E-state index contributed by atoms with van der Waals surface area (Å²) in [5.74, 6) is -0.673. The lowest BCUT2D eigenvalue weighted by atomic mass is 9.98. The number of hydrogen-bond acceptors (Lipinski definition) is 4. The highest BCUT2D eigenvalue weighted by atomic mass is 35.5. The van der Waals surface area contributed by atoms with Gasteiger partial charge >= 0.3 is 0 Å². The van der Waals surface area contributed by atoms with Crippen molar-refractivity contribution < 1.29 is 18.0 Å². The number of nitrogens with one attached hydrogen (secondary N) is 1. The number of anilines is 2. The van der Waals surface area contributed by atoms with Gasteiger partial charge in [-0.15, -0.1) is 0 Å². The van der Waals surface area contributed by atoms with Gasteiger partial charge in [-0.2, -0.15) is 4.31 Å².